The minimum Gasteiger partial charge on any atom is -0.321 e. The van der Waals surface area contributed by atoms with E-state index in [1.807, 2.05) is 25.1 Å². The minimum atomic E-state index is -0.497. The van der Waals surface area contributed by atoms with Crippen molar-refractivity contribution in [3.63, 3.8) is 0 Å². The molecule has 0 atom stereocenters. The van der Waals surface area contributed by atoms with Gasteiger partial charge in [0.2, 0.25) is 0 Å². The van der Waals surface area contributed by atoms with E-state index in [1.165, 1.54) is 23.5 Å². The van der Waals surface area contributed by atoms with Gasteiger partial charge in [0.25, 0.3) is 5.91 Å². The molecule has 0 saturated carbocycles. The summed E-state index contributed by atoms with van der Waals surface area (Å²) in [7, 11) is 0. The summed E-state index contributed by atoms with van der Waals surface area (Å²) < 4.78 is 13.7. The summed E-state index contributed by atoms with van der Waals surface area (Å²) in [6, 6.07) is 11.8. The lowest BCUT2D eigenvalue weighted by atomic mass is 10.0. The maximum absolute atomic E-state index is 13.7. The third-order valence-electron chi connectivity index (χ3n) is 3.25. The molecule has 23 heavy (non-hydrogen) atoms. The van der Waals surface area contributed by atoms with Gasteiger partial charge < -0.3 is 5.32 Å². The number of rotatable bonds is 3. The van der Waals surface area contributed by atoms with E-state index in [4.69, 9.17) is 11.6 Å². The topological polar surface area (TPSA) is 42.0 Å². The van der Waals surface area contributed by atoms with Crippen LogP contribution in [0.5, 0.6) is 0 Å². The molecule has 3 rings (SSSR count). The number of aryl methyl sites for hydroxylation is 1. The fourth-order valence-electron chi connectivity index (χ4n) is 2.16. The van der Waals surface area contributed by atoms with Crippen LogP contribution in [-0.4, -0.2) is 10.9 Å². The van der Waals surface area contributed by atoms with Crippen LogP contribution < -0.4 is 5.32 Å². The third-order valence-corrected chi connectivity index (χ3v) is 4.47. The molecular formula is C17H12ClFN2OS. The lowest BCUT2D eigenvalue weighted by Gasteiger charge is -2.11. The van der Waals surface area contributed by atoms with Gasteiger partial charge in [0.1, 0.15) is 10.7 Å². The maximum atomic E-state index is 13.7. The Balaban J connectivity index is 1.94. The molecule has 0 radical (unpaired) electrons. The number of halogens is 2. The Kier molecular flexibility index (Phi) is 4.41. The molecular weight excluding hydrogens is 335 g/mol. The van der Waals surface area contributed by atoms with Crippen molar-refractivity contribution in [1.82, 2.24) is 4.98 Å². The summed E-state index contributed by atoms with van der Waals surface area (Å²) in [6.07, 6.45) is 1.54. The van der Waals surface area contributed by atoms with Gasteiger partial charge in [0.05, 0.1) is 16.2 Å². The Bertz CT molecular complexity index is 879. The highest BCUT2D eigenvalue weighted by molar-refractivity contribution is 7.13. The second-order valence-electron chi connectivity index (χ2n) is 4.87. The van der Waals surface area contributed by atoms with E-state index >= 15 is 0 Å². The minimum absolute atomic E-state index is 0.0652. The normalized spacial score (nSPS) is 10.6. The number of amides is 1. The molecule has 0 bridgehead atoms. The number of thiazole rings is 1. The van der Waals surface area contributed by atoms with Gasteiger partial charge in [-0.1, -0.05) is 35.9 Å². The van der Waals surface area contributed by atoms with Gasteiger partial charge in [-0.05, 0) is 30.7 Å². The van der Waals surface area contributed by atoms with Gasteiger partial charge in [-0.2, -0.15) is 0 Å². The first-order chi connectivity index (χ1) is 11.0. The molecule has 0 aliphatic heterocycles. The van der Waals surface area contributed by atoms with E-state index in [0.717, 1.165) is 10.6 Å². The van der Waals surface area contributed by atoms with Gasteiger partial charge in [0.15, 0.2) is 0 Å². The maximum Gasteiger partial charge on any atom is 0.267 e. The first kappa shape index (κ1) is 15.6. The van der Waals surface area contributed by atoms with Crippen molar-refractivity contribution in [2.45, 2.75) is 6.92 Å². The van der Waals surface area contributed by atoms with E-state index in [9.17, 15) is 9.18 Å². The molecule has 1 N–H and O–H groups in total. The van der Waals surface area contributed by atoms with Crippen LogP contribution in [0.4, 0.5) is 10.1 Å². The number of carbonyl (C=O) groups is 1. The third kappa shape index (κ3) is 3.41. The van der Waals surface area contributed by atoms with Crippen LogP contribution in [0.3, 0.4) is 0 Å². The summed E-state index contributed by atoms with van der Waals surface area (Å²) in [5.74, 6) is -0.735. The summed E-state index contributed by atoms with van der Waals surface area (Å²) in [5, 5.41) is 3.74. The van der Waals surface area contributed by atoms with E-state index in [0.29, 0.717) is 16.1 Å². The second-order valence-corrected chi connectivity index (χ2v) is 6.51. The van der Waals surface area contributed by atoms with Gasteiger partial charge in [-0.25, -0.2) is 9.37 Å². The Hall–Kier alpha value is -2.24. The molecule has 1 aromatic heterocycles. The van der Waals surface area contributed by atoms with E-state index in [-0.39, 0.29) is 10.9 Å². The fourth-order valence-corrected chi connectivity index (χ4v) is 2.95. The van der Waals surface area contributed by atoms with Gasteiger partial charge in [0, 0.05) is 11.3 Å². The molecule has 0 aliphatic carbocycles. The summed E-state index contributed by atoms with van der Waals surface area (Å²) in [4.78, 5) is 16.9. The molecule has 0 fully saturated rings. The molecule has 0 spiro atoms. The van der Waals surface area contributed by atoms with Crippen molar-refractivity contribution >= 4 is 34.5 Å². The van der Waals surface area contributed by atoms with Crippen LogP contribution >= 0.6 is 22.9 Å². The van der Waals surface area contributed by atoms with Crippen LogP contribution in [0.2, 0.25) is 5.02 Å². The number of hydrogen-bond donors (Lipinski definition) is 1. The molecule has 0 aliphatic rings. The quantitative estimate of drug-likeness (QED) is 0.711. The number of aromatic nitrogens is 1. The Morgan fingerprint density at radius 2 is 2.04 bits per heavy atom. The summed E-state index contributed by atoms with van der Waals surface area (Å²) in [6.45, 7) is 1.84. The van der Waals surface area contributed by atoms with E-state index < -0.39 is 5.82 Å². The predicted octanol–water partition coefficient (Wildman–Crippen LogP) is 5.16. The number of benzene rings is 2. The Morgan fingerprint density at radius 1 is 1.26 bits per heavy atom. The number of hydrogen-bond acceptors (Lipinski definition) is 3. The molecule has 6 heteroatoms. The first-order valence-corrected chi connectivity index (χ1v) is 8.02. The van der Waals surface area contributed by atoms with Crippen molar-refractivity contribution in [3.05, 3.63) is 69.4 Å². The summed E-state index contributed by atoms with van der Waals surface area (Å²) in [5.41, 5.74) is 1.96. The van der Waals surface area contributed by atoms with Gasteiger partial charge in [-0.3, -0.25) is 4.79 Å². The highest BCUT2D eigenvalue weighted by Gasteiger charge is 2.13. The van der Waals surface area contributed by atoms with Crippen molar-refractivity contribution in [1.29, 1.82) is 0 Å². The number of anilines is 1. The zero-order valence-electron chi connectivity index (χ0n) is 12.1. The van der Waals surface area contributed by atoms with Gasteiger partial charge >= 0.3 is 0 Å². The van der Waals surface area contributed by atoms with Crippen molar-refractivity contribution in [2.24, 2.45) is 0 Å². The van der Waals surface area contributed by atoms with E-state index in [2.05, 4.69) is 10.3 Å². The number of nitrogens with one attached hydrogen (secondary N) is 1. The Morgan fingerprint density at radius 3 is 2.74 bits per heavy atom. The molecule has 0 saturated heterocycles. The lowest BCUT2D eigenvalue weighted by molar-refractivity contribution is 0.103. The van der Waals surface area contributed by atoms with Crippen LogP contribution in [0.25, 0.3) is 11.1 Å². The molecule has 3 nitrogen and oxygen atoms in total. The van der Waals surface area contributed by atoms with Crippen molar-refractivity contribution < 1.29 is 9.18 Å². The average Bonchev–Trinajstić information content (AvgIpc) is 2.97. The molecule has 1 heterocycles. The molecule has 116 valence electrons. The van der Waals surface area contributed by atoms with Crippen molar-refractivity contribution in [2.75, 3.05) is 5.32 Å². The average molecular weight is 347 g/mol. The number of para-hydroxylation sites is 1. The molecule has 0 unspecified atom stereocenters. The standard InChI is InChI=1S/C17H12ClFN2OS/c1-10-20-9-16(23-10)17(22)21-15-5-3-2-4-12(15)11-6-7-13(18)14(19)8-11/h2-9H,1H3,(H,21,22). The SMILES string of the molecule is Cc1ncc(C(=O)Nc2ccccc2-c2ccc(Cl)c(F)c2)s1. The van der Waals surface area contributed by atoms with Crippen LogP contribution in [0, 0.1) is 12.7 Å². The number of carbonyl (C=O) groups excluding carboxylic acids is 1. The molecule has 3 aromatic rings. The highest BCUT2D eigenvalue weighted by atomic mass is 35.5. The van der Waals surface area contributed by atoms with Gasteiger partial charge in [-0.15, -0.1) is 11.3 Å². The van der Waals surface area contributed by atoms with Crippen LogP contribution in [0.15, 0.2) is 48.7 Å². The van der Waals surface area contributed by atoms with E-state index in [1.54, 1.807) is 18.3 Å². The smallest absolute Gasteiger partial charge is 0.267 e. The zero-order chi connectivity index (χ0) is 16.4. The lowest BCUT2D eigenvalue weighted by Crippen LogP contribution is -2.11. The Labute approximate surface area is 141 Å². The second kappa shape index (κ2) is 6.48. The number of nitrogens with zero attached hydrogens (tertiary/aromatic N) is 1. The first-order valence-electron chi connectivity index (χ1n) is 6.83. The fraction of sp³-hybridized carbons (Fsp3) is 0.0588. The highest BCUT2D eigenvalue weighted by Crippen LogP contribution is 2.30. The van der Waals surface area contributed by atoms with Crippen LogP contribution in [-0.2, 0) is 0 Å². The predicted molar refractivity (Wildman–Crippen MR) is 91.7 cm³/mol. The molecule has 2 aromatic carbocycles. The zero-order valence-corrected chi connectivity index (χ0v) is 13.7. The van der Waals surface area contributed by atoms with Crippen LogP contribution in [0.1, 0.15) is 14.7 Å². The summed E-state index contributed by atoms with van der Waals surface area (Å²) >= 11 is 7.04. The van der Waals surface area contributed by atoms with Crippen molar-refractivity contribution in [3.8, 4) is 11.1 Å². The molecule has 1 amide bonds. The largest absolute Gasteiger partial charge is 0.321 e. The monoisotopic (exact) mass is 346 g/mol.